The van der Waals surface area contributed by atoms with Crippen molar-refractivity contribution >= 4 is 11.7 Å². The van der Waals surface area contributed by atoms with E-state index in [1.54, 1.807) is 12.5 Å². The summed E-state index contributed by atoms with van der Waals surface area (Å²) in [5.74, 6) is -0.319. The molecule has 1 aliphatic heterocycles. The van der Waals surface area contributed by atoms with Gasteiger partial charge in [0.25, 0.3) is 0 Å². The number of benzene rings is 1. The number of nitrogens with zero attached hydrogens (tertiary/aromatic N) is 2. The van der Waals surface area contributed by atoms with Crippen molar-refractivity contribution in [2.24, 2.45) is 0 Å². The first-order chi connectivity index (χ1) is 11.3. The molecular weight excluding hydrogens is 292 g/mol. The molecule has 1 saturated heterocycles. The molecule has 1 aromatic carbocycles. The molecule has 0 aliphatic carbocycles. The summed E-state index contributed by atoms with van der Waals surface area (Å²) in [5, 5.41) is 0. The van der Waals surface area contributed by atoms with Gasteiger partial charge in [0, 0.05) is 49.7 Å². The van der Waals surface area contributed by atoms with E-state index >= 15 is 0 Å². The molecule has 5 nitrogen and oxygen atoms in total. The second kappa shape index (κ2) is 7.05. The number of esters is 1. The van der Waals surface area contributed by atoms with Gasteiger partial charge in [-0.3, -0.25) is 0 Å². The summed E-state index contributed by atoms with van der Waals surface area (Å²) >= 11 is 0. The summed E-state index contributed by atoms with van der Waals surface area (Å²) in [6.07, 6.45) is 6.73. The van der Waals surface area contributed by atoms with Gasteiger partial charge in [0.05, 0.1) is 19.6 Å². The Bertz CT molecular complexity index is 671. The van der Waals surface area contributed by atoms with Crippen LogP contribution in [-0.4, -0.2) is 44.2 Å². The smallest absolute Gasteiger partial charge is 0.331 e. The standard InChI is InChI=1S/C18H20N2O3/c1-22-18(21)5-7-19-8-10-20(11-9-19)17-4-2-3-15(13-17)16-6-12-23-14-16/h2-7,12-14H,8-11H2,1H3. The molecule has 120 valence electrons. The monoisotopic (exact) mass is 312 g/mol. The van der Waals surface area contributed by atoms with Crippen LogP contribution in [0.3, 0.4) is 0 Å². The first kappa shape index (κ1) is 15.2. The fourth-order valence-corrected chi connectivity index (χ4v) is 2.67. The van der Waals surface area contributed by atoms with E-state index in [1.807, 2.05) is 12.3 Å². The number of ether oxygens (including phenoxy) is 1. The number of methoxy groups -OCH3 is 1. The van der Waals surface area contributed by atoms with E-state index in [1.165, 1.54) is 18.9 Å². The van der Waals surface area contributed by atoms with Gasteiger partial charge < -0.3 is 19.0 Å². The molecule has 0 amide bonds. The summed E-state index contributed by atoms with van der Waals surface area (Å²) in [7, 11) is 1.39. The first-order valence-electron chi connectivity index (χ1n) is 7.64. The third-order valence-corrected chi connectivity index (χ3v) is 4.00. The SMILES string of the molecule is COC(=O)C=CN1CCN(c2cccc(-c3ccoc3)c2)CC1. The molecule has 2 aromatic rings. The summed E-state index contributed by atoms with van der Waals surface area (Å²) in [5.41, 5.74) is 3.45. The van der Waals surface area contributed by atoms with Crippen LogP contribution in [0, 0.1) is 0 Å². The van der Waals surface area contributed by atoms with E-state index in [4.69, 9.17) is 4.42 Å². The largest absolute Gasteiger partial charge is 0.472 e. The predicted octanol–water partition coefficient (Wildman–Crippen LogP) is 2.76. The van der Waals surface area contributed by atoms with Crippen molar-refractivity contribution in [1.29, 1.82) is 0 Å². The van der Waals surface area contributed by atoms with Gasteiger partial charge in [-0.2, -0.15) is 0 Å². The Morgan fingerprint density at radius 1 is 1.17 bits per heavy atom. The topological polar surface area (TPSA) is 45.9 Å². The minimum atomic E-state index is -0.319. The van der Waals surface area contributed by atoms with Crippen molar-refractivity contribution in [3.8, 4) is 11.1 Å². The Hall–Kier alpha value is -2.69. The highest BCUT2D eigenvalue weighted by molar-refractivity contribution is 5.81. The van der Waals surface area contributed by atoms with Crippen LogP contribution in [0.2, 0.25) is 0 Å². The maximum absolute atomic E-state index is 11.1. The van der Waals surface area contributed by atoms with E-state index in [2.05, 4.69) is 38.8 Å². The summed E-state index contributed by atoms with van der Waals surface area (Å²) in [6.45, 7) is 3.59. The number of anilines is 1. The molecule has 1 fully saturated rings. The number of rotatable bonds is 4. The molecule has 23 heavy (non-hydrogen) atoms. The molecule has 3 rings (SSSR count). The van der Waals surface area contributed by atoms with Crippen molar-refractivity contribution in [2.75, 3.05) is 38.2 Å². The lowest BCUT2D eigenvalue weighted by Crippen LogP contribution is -2.44. The van der Waals surface area contributed by atoms with Crippen molar-refractivity contribution in [3.63, 3.8) is 0 Å². The highest BCUT2D eigenvalue weighted by Gasteiger charge is 2.15. The number of hydrogen-bond acceptors (Lipinski definition) is 5. The second-order valence-electron chi connectivity index (χ2n) is 5.42. The molecule has 0 radical (unpaired) electrons. The molecule has 0 atom stereocenters. The molecule has 1 aromatic heterocycles. The number of piperazine rings is 1. The van der Waals surface area contributed by atoms with E-state index < -0.39 is 0 Å². The van der Waals surface area contributed by atoms with E-state index in [0.29, 0.717) is 0 Å². The lowest BCUT2D eigenvalue weighted by molar-refractivity contribution is -0.134. The van der Waals surface area contributed by atoms with Crippen LogP contribution in [0.1, 0.15) is 0 Å². The van der Waals surface area contributed by atoms with Gasteiger partial charge in [-0.1, -0.05) is 12.1 Å². The van der Waals surface area contributed by atoms with Crippen LogP contribution in [0.4, 0.5) is 5.69 Å². The van der Waals surface area contributed by atoms with Gasteiger partial charge >= 0.3 is 5.97 Å². The molecule has 5 heteroatoms. The van der Waals surface area contributed by atoms with Crippen molar-refractivity contribution in [3.05, 3.63) is 55.1 Å². The van der Waals surface area contributed by atoms with E-state index in [9.17, 15) is 4.79 Å². The minimum absolute atomic E-state index is 0.319. The third-order valence-electron chi connectivity index (χ3n) is 4.00. The second-order valence-corrected chi connectivity index (χ2v) is 5.42. The zero-order valence-electron chi connectivity index (χ0n) is 13.1. The number of furan rings is 1. The molecular formula is C18H20N2O3. The van der Waals surface area contributed by atoms with Gasteiger partial charge in [-0.25, -0.2) is 4.79 Å². The predicted molar refractivity (Wildman–Crippen MR) is 89.1 cm³/mol. The first-order valence-corrected chi connectivity index (χ1v) is 7.64. The van der Waals surface area contributed by atoms with Crippen LogP contribution in [-0.2, 0) is 9.53 Å². The highest BCUT2D eigenvalue weighted by Crippen LogP contribution is 2.25. The minimum Gasteiger partial charge on any atom is -0.472 e. The summed E-state index contributed by atoms with van der Waals surface area (Å²) in [4.78, 5) is 15.6. The molecule has 1 aliphatic rings. The molecule has 0 saturated carbocycles. The Balaban J connectivity index is 1.63. The Morgan fingerprint density at radius 3 is 2.70 bits per heavy atom. The van der Waals surface area contributed by atoms with Crippen LogP contribution in [0.5, 0.6) is 0 Å². The van der Waals surface area contributed by atoms with E-state index in [0.717, 1.165) is 37.3 Å². The average Bonchev–Trinajstić information content (AvgIpc) is 3.15. The van der Waals surface area contributed by atoms with Crippen LogP contribution >= 0.6 is 0 Å². The fourth-order valence-electron chi connectivity index (χ4n) is 2.67. The fraction of sp³-hybridized carbons (Fsp3) is 0.278. The van der Waals surface area contributed by atoms with Crippen molar-refractivity contribution in [1.82, 2.24) is 4.90 Å². The summed E-state index contributed by atoms with van der Waals surface area (Å²) < 4.78 is 9.77. The maximum Gasteiger partial charge on any atom is 0.331 e. The van der Waals surface area contributed by atoms with Gasteiger partial charge in [0.15, 0.2) is 0 Å². The van der Waals surface area contributed by atoms with Crippen molar-refractivity contribution < 1.29 is 13.9 Å². The molecule has 0 spiro atoms. The lowest BCUT2D eigenvalue weighted by atomic mass is 10.1. The Kier molecular flexibility index (Phi) is 4.66. The van der Waals surface area contributed by atoms with Crippen LogP contribution in [0.15, 0.2) is 59.6 Å². The van der Waals surface area contributed by atoms with Gasteiger partial charge in [0.1, 0.15) is 0 Å². The van der Waals surface area contributed by atoms with Gasteiger partial charge in [0.2, 0.25) is 0 Å². The van der Waals surface area contributed by atoms with Crippen LogP contribution < -0.4 is 4.90 Å². The third kappa shape index (κ3) is 3.74. The molecule has 0 N–H and O–H groups in total. The van der Waals surface area contributed by atoms with Crippen LogP contribution in [0.25, 0.3) is 11.1 Å². The zero-order valence-corrected chi connectivity index (χ0v) is 13.1. The van der Waals surface area contributed by atoms with Gasteiger partial charge in [-0.15, -0.1) is 0 Å². The maximum atomic E-state index is 11.1. The van der Waals surface area contributed by atoms with E-state index in [-0.39, 0.29) is 5.97 Å². The molecule has 0 unspecified atom stereocenters. The number of carbonyl (C=O) groups is 1. The molecule has 0 bridgehead atoms. The normalized spacial score (nSPS) is 15.2. The zero-order chi connectivity index (χ0) is 16.1. The highest BCUT2D eigenvalue weighted by atomic mass is 16.5. The Labute approximate surface area is 135 Å². The lowest BCUT2D eigenvalue weighted by Gasteiger charge is -2.35. The Morgan fingerprint density at radius 2 is 2.00 bits per heavy atom. The summed E-state index contributed by atoms with van der Waals surface area (Å²) in [6, 6.07) is 10.4. The molecule has 2 heterocycles. The number of carbonyl (C=O) groups excluding carboxylic acids is 1. The number of hydrogen-bond donors (Lipinski definition) is 0. The quantitative estimate of drug-likeness (QED) is 0.642. The van der Waals surface area contributed by atoms with Crippen molar-refractivity contribution in [2.45, 2.75) is 0 Å². The average molecular weight is 312 g/mol. The van der Waals surface area contributed by atoms with Gasteiger partial charge in [-0.05, 0) is 23.8 Å².